The fourth-order valence-corrected chi connectivity index (χ4v) is 4.71. The molecule has 0 bridgehead atoms. The number of ether oxygens (including phenoxy) is 2. The van der Waals surface area contributed by atoms with E-state index < -0.39 is 41.5 Å². The number of aromatic nitrogens is 1. The predicted octanol–water partition coefficient (Wildman–Crippen LogP) is 0.448. The van der Waals surface area contributed by atoms with Gasteiger partial charge in [-0.25, -0.2) is 9.78 Å². The van der Waals surface area contributed by atoms with E-state index in [-0.39, 0.29) is 28.2 Å². The first-order chi connectivity index (χ1) is 15.6. The summed E-state index contributed by atoms with van der Waals surface area (Å²) in [6, 6.07) is -0.895. The van der Waals surface area contributed by atoms with Gasteiger partial charge in [0.15, 0.2) is 10.8 Å². The summed E-state index contributed by atoms with van der Waals surface area (Å²) in [6.07, 6.45) is 0.429. The van der Waals surface area contributed by atoms with Crippen molar-refractivity contribution < 1.29 is 33.5 Å². The van der Waals surface area contributed by atoms with Gasteiger partial charge in [-0.1, -0.05) is 19.0 Å². The number of hydrogen-bond donors (Lipinski definition) is 2. The Morgan fingerprint density at radius 2 is 2.03 bits per heavy atom. The van der Waals surface area contributed by atoms with Crippen LogP contribution in [-0.2, 0) is 33.5 Å². The second kappa shape index (κ2) is 10.2. The highest BCUT2D eigenvalue weighted by molar-refractivity contribution is 8.00. The van der Waals surface area contributed by atoms with Gasteiger partial charge >= 0.3 is 11.9 Å². The van der Waals surface area contributed by atoms with Crippen LogP contribution in [0.25, 0.3) is 0 Å². The number of rotatable bonds is 8. The number of nitrogen functional groups attached to an aromatic ring is 1. The molecule has 3 rings (SSSR count). The smallest absolute Gasteiger partial charge is 0.357 e. The first-order valence-electron chi connectivity index (χ1n) is 9.83. The minimum absolute atomic E-state index is 0.0275. The molecule has 14 heteroatoms. The summed E-state index contributed by atoms with van der Waals surface area (Å²) in [7, 11) is 1.28. The molecule has 0 aliphatic carbocycles. The molecule has 2 aliphatic heterocycles. The number of anilines is 1. The zero-order chi connectivity index (χ0) is 24.3. The highest BCUT2D eigenvalue weighted by Gasteiger charge is 2.53. The number of carbonyl (C=O) groups is 4. The molecule has 0 saturated carbocycles. The molecule has 0 radical (unpaired) electrons. The van der Waals surface area contributed by atoms with Crippen molar-refractivity contribution in [2.24, 2.45) is 11.1 Å². The van der Waals surface area contributed by atoms with E-state index in [2.05, 4.69) is 15.5 Å². The van der Waals surface area contributed by atoms with Crippen LogP contribution in [0.1, 0.15) is 26.5 Å². The van der Waals surface area contributed by atoms with E-state index in [0.717, 1.165) is 11.3 Å². The van der Waals surface area contributed by atoms with E-state index in [1.807, 2.05) is 0 Å². The second-order valence-electron chi connectivity index (χ2n) is 7.23. The number of β-lactam (4-membered cyclic amide) rings is 1. The lowest BCUT2D eigenvalue weighted by Gasteiger charge is -2.48. The molecule has 3 atom stereocenters. The van der Waals surface area contributed by atoms with Crippen molar-refractivity contribution >= 4 is 57.7 Å². The standard InChI is InChI=1S/C19H23N5O7S2/c1-8(2)17(27)30-9(3)31-18(28)11-5-6-32-16-13(15(26)24(11)16)22-14(25)12(23-29-4)10-7-33-19(20)21-10/h5,7-9,13,16H,6H2,1-4H3,(H2,20,21)(H,22,25)/t9?,13?,16-/m0/s1. The van der Waals surface area contributed by atoms with Crippen LogP contribution in [0.5, 0.6) is 0 Å². The number of nitrogens with one attached hydrogen (secondary N) is 1. The molecule has 1 aromatic heterocycles. The molecule has 2 aliphatic rings. The normalized spacial score (nSPS) is 20.9. The molecule has 12 nitrogen and oxygen atoms in total. The van der Waals surface area contributed by atoms with E-state index in [0.29, 0.717) is 5.75 Å². The fraction of sp³-hybridized carbons (Fsp3) is 0.474. The average molecular weight is 498 g/mol. The number of amides is 2. The Morgan fingerprint density at radius 3 is 2.64 bits per heavy atom. The minimum atomic E-state index is -1.12. The minimum Gasteiger partial charge on any atom is -0.425 e. The lowest BCUT2D eigenvalue weighted by atomic mass is 10.0. The van der Waals surface area contributed by atoms with Crippen molar-refractivity contribution in [3.05, 3.63) is 22.8 Å². The van der Waals surface area contributed by atoms with E-state index >= 15 is 0 Å². The lowest BCUT2D eigenvalue weighted by molar-refractivity contribution is -0.186. The molecule has 1 fully saturated rings. The highest BCUT2D eigenvalue weighted by Crippen LogP contribution is 2.38. The van der Waals surface area contributed by atoms with Crippen molar-refractivity contribution in [1.82, 2.24) is 15.2 Å². The average Bonchev–Trinajstić information content (AvgIpc) is 3.20. The number of carbonyl (C=O) groups excluding carboxylic acids is 4. The van der Waals surface area contributed by atoms with E-state index in [9.17, 15) is 19.2 Å². The van der Waals surface area contributed by atoms with Gasteiger partial charge in [0.1, 0.15) is 29.9 Å². The summed E-state index contributed by atoms with van der Waals surface area (Å²) in [5, 5.41) is 7.57. The highest BCUT2D eigenvalue weighted by atomic mass is 32.2. The van der Waals surface area contributed by atoms with Gasteiger partial charge in [-0.2, -0.15) is 0 Å². The Hall–Kier alpha value is -3.13. The van der Waals surface area contributed by atoms with Crippen LogP contribution in [-0.4, -0.2) is 69.9 Å². The molecule has 2 amide bonds. The molecule has 178 valence electrons. The molecule has 0 aromatic carbocycles. The summed E-state index contributed by atoms with van der Waals surface area (Å²) in [4.78, 5) is 59.8. The summed E-state index contributed by atoms with van der Waals surface area (Å²) < 4.78 is 10.2. The summed E-state index contributed by atoms with van der Waals surface area (Å²) in [5.41, 5.74) is 5.73. The molecule has 0 spiro atoms. The summed E-state index contributed by atoms with van der Waals surface area (Å²) in [6.45, 7) is 4.72. The first kappa shape index (κ1) is 24.5. The van der Waals surface area contributed by atoms with Crippen LogP contribution in [0.2, 0.25) is 0 Å². The van der Waals surface area contributed by atoms with Crippen molar-refractivity contribution in [3.8, 4) is 0 Å². The molecule has 3 N–H and O–H groups in total. The molecular formula is C19H23N5O7S2. The fourth-order valence-electron chi connectivity index (χ4n) is 2.97. The number of esters is 2. The van der Waals surface area contributed by atoms with E-state index in [4.69, 9.17) is 20.0 Å². The lowest BCUT2D eigenvalue weighted by Crippen LogP contribution is -2.70. The first-order valence-corrected chi connectivity index (χ1v) is 11.8. The Morgan fingerprint density at radius 1 is 1.30 bits per heavy atom. The largest absolute Gasteiger partial charge is 0.425 e. The molecular weight excluding hydrogens is 474 g/mol. The van der Waals surface area contributed by atoms with Gasteiger partial charge in [-0.3, -0.25) is 19.3 Å². The Kier molecular flexibility index (Phi) is 7.58. The SMILES string of the molecule is CON=C(C(=O)NC1C(=O)N2C(C(=O)OC(C)OC(=O)C(C)C)=CCS[C@@H]12)c1csc(N)n1. The Bertz CT molecular complexity index is 1020. The number of nitrogens with two attached hydrogens (primary N) is 1. The molecule has 1 saturated heterocycles. The van der Waals surface area contributed by atoms with Gasteiger partial charge in [-0.05, 0) is 6.08 Å². The third-order valence-electron chi connectivity index (χ3n) is 4.53. The van der Waals surface area contributed by atoms with Crippen LogP contribution in [0.15, 0.2) is 22.3 Å². The van der Waals surface area contributed by atoms with E-state index in [1.54, 1.807) is 25.3 Å². The topological polar surface area (TPSA) is 163 Å². The second-order valence-corrected chi connectivity index (χ2v) is 9.27. The van der Waals surface area contributed by atoms with Gasteiger partial charge in [0.2, 0.25) is 6.29 Å². The summed E-state index contributed by atoms with van der Waals surface area (Å²) in [5.74, 6) is -2.46. The quantitative estimate of drug-likeness (QED) is 0.169. The zero-order valence-corrected chi connectivity index (χ0v) is 19.9. The third-order valence-corrected chi connectivity index (χ3v) is 6.39. The monoisotopic (exact) mass is 497 g/mol. The number of thioether (sulfide) groups is 1. The van der Waals surface area contributed by atoms with Crippen molar-refractivity contribution in [2.45, 2.75) is 38.5 Å². The Labute approximate surface area is 197 Å². The number of thiazole rings is 1. The van der Waals surface area contributed by atoms with Crippen LogP contribution in [0.4, 0.5) is 5.13 Å². The van der Waals surface area contributed by atoms with Crippen molar-refractivity contribution in [2.75, 3.05) is 18.6 Å². The van der Waals surface area contributed by atoms with E-state index in [1.165, 1.54) is 30.7 Å². The van der Waals surface area contributed by atoms with Crippen LogP contribution in [0, 0.1) is 5.92 Å². The molecule has 3 heterocycles. The maximum Gasteiger partial charge on any atom is 0.357 e. The van der Waals surface area contributed by atoms with Gasteiger partial charge in [0.05, 0.1) is 5.92 Å². The van der Waals surface area contributed by atoms with Crippen LogP contribution < -0.4 is 11.1 Å². The predicted molar refractivity (Wildman–Crippen MR) is 120 cm³/mol. The van der Waals surface area contributed by atoms with Gasteiger partial charge < -0.3 is 25.4 Å². The third kappa shape index (κ3) is 5.27. The van der Waals surface area contributed by atoms with Gasteiger partial charge in [0.25, 0.3) is 11.8 Å². The molecule has 33 heavy (non-hydrogen) atoms. The number of nitrogens with zero attached hydrogens (tertiary/aromatic N) is 3. The Balaban J connectivity index is 1.65. The number of fused-ring (bicyclic) bond motifs is 1. The molecule has 1 aromatic rings. The van der Waals surface area contributed by atoms with Crippen LogP contribution in [0.3, 0.4) is 0 Å². The van der Waals surface area contributed by atoms with Gasteiger partial charge in [0, 0.05) is 18.1 Å². The zero-order valence-electron chi connectivity index (χ0n) is 18.3. The van der Waals surface area contributed by atoms with Crippen LogP contribution >= 0.6 is 23.1 Å². The maximum absolute atomic E-state index is 12.8. The van der Waals surface area contributed by atoms with Crippen molar-refractivity contribution in [1.29, 1.82) is 0 Å². The number of oxime groups is 1. The maximum atomic E-state index is 12.8. The summed E-state index contributed by atoms with van der Waals surface area (Å²) >= 11 is 2.49. The molecule has 2 unspecified atom stereocenters. The number of hydrogen-bond acceptors (Lipinski definition) is 12. The van der Waals surface area contributed by atoms with Gasteiger partial charge in [-0.15, -0.1) is 23.1 Å². The van der Waals surface area contributed by atoms with Crippen molar-refractivity contribution in [3.63, 3.8) is 0 Å².